The molecule has 0 radical (unpaired) electrons. The Morgan fingerprint density at radius 3 is 2.47 bits per heavy atom. The molecule has 4 heteroatoms. The van der Waals surface area contributed by atoms with Crippen LogP contribution >= 0.6 is 0 Å². The van der Waals surface area contributed by atoms with E-state index in [0.717, 1.165) is 38.5 Å². The first-order valence-electron chi connectivity index (χ1n) is 7.73. The van der Waals surface area contributed by atoms with Gasteiger partial charge in [-0.25, -0.2) is 0 Å². The number of nitrogens with one attached hydrogen (secondary N) is 1. The Morgan fingerprint density at radius 2 is 1.95 bits per heavy atom. The first-order chi connectivity index (χ1) is 9.04. The minimum atomic E-state index is 0.248. The van der Waals surface area contributed by atoms with Gasteiger partial charge in [-0.1, -0.05) is 6.92 Å². The fourth-order valence-electron chi connectivity index (χ4n) is 2.57. The van der Waals surface area contributed by atoms with Crippen LogP contribution in [0.2, 0.25) is 0 Å². The smallest absolute Gasteiger partial charge is 0.236 e. The van der Waals surface area contributed by atoms with Crippen LogP contribution in [0, 0.1) is 5.92 Å². The highest BCUT2D eigenvalue weighted by atomic mass is 16.2. The van der Waals surface area contributed by atoms with Crippen molar-refractivity contribution in [3.8, 4) is 0 Å². The SMILES string of the molecule is CCCN(CC(=O)N(C)C(C)C)CC1CCNCC1. The second kappa shape index (κ2) is 8.54. The molecule has 0 aliphatic carbocycles. The molecule has 0 aromatic heterocycles. The van der Waals surface area contributed by atoms with Gasteiger partial charge in [0, 0.05) is 19.6 Å². The van der Waals surface area contributed by atoms with Gasteiger partial charge in [0.15, 0.2) is 0 Å². The van der Waals surface area contributed by atoms with Crippen LogP contribution in [0.5, 0.6) is 0 Å². The van der Waals surface area contributed by atoms with E-state index in [1.807, 2.05) is 11.9 Å². The highest BCUT2D eigenvalue weighted by Gasteiger charge is 2.20. The predicted molar refractivity (Wildman–Crippen MR) is 80.2 cm³/mol. The molecule has 0 aromatic rings. The fourth-order valence-corrected chi connectivity index (χ4v) is 2.57. The van der Waals surface area contributed by atoms with Gasteiger partial charge in [0.05, 0.1) is 6.54 Å². The molecule has 1 heterocycles. The summed E-state index contributed by atoms with van der Waals surface area (Å²) in [4.78, 5) is 16.4. The Kier molecular flexibility index (Phi) is 7.39. The summed E-state index contributed by atoms with van der Waals surface area (Å²) in [7, 11) is 1.90. The van der Waals surface area contributed by atoms with Crippen molar-refractivity contribution in [1.82, 2.24) is 15.1 Å². The number of likely N-dealkylation sites (N-methyl/N-ethyl adjacent to an activating group) is 1. The van der Waals surface area contributed by atoms with Crippen LogP contribution in [0.4, 0.5) is 0 Å². The summed E-state index contributed by atoms with van der Waals surface area (Å²) in [5, 5.41) is 3.40. The van der Waals surface area contributed by atoms with Crippen LogP contribution < -0.4 is 5.32 Å². The van der Waals surface area contributed by atoms with Gasteiger partial charge in [-0.05, 0) is 58.7 Å². The van der Waals surface area contributed by atoms with E-state index in [2.05, 4.69) is 31.0 Å². The van der Waals surface area contributed by atoms with Crippen molar-refractivity contribution >= 4 is 5.91 Å². The van der Waals surface area contributed by atoms with Crippen molar-refractivity contribution < 1.29 is 4.79 Å². The molecule has 112 valence electrons. The van der Waals surface area contributed by atoms with E-state index in [9.17, 15) is 4.79 Å². The summed E-state index contributed by atoms with van der Waals surface area (Å²) >= 11 is 0. The largest absolute Gasteiger partial charge is 0.342 e. The number of carbonyl (C=O) groups is 1. The average Bonchev–Trinajstić information content (AvgIpc) is 2.39. The number of piperidine rings is 1. The van der Waals surface area contributed by atoms with Crippen LogP contribution in [0.3, 0.4) is 0 Å². The van der Waals surface area contributed by atoms with E-state index in [1.54, 1.807) is 0 Å². The number of carbonyl (C=O) groups excluding carboxylic acids is 1. The second-order valence-electron chi connectivity index (χ2n) is 6.03. The quantitative estimate of drug-likeness (QED) is 0.762. The lowest BCUT2D eigenvalue weighted by Crippen LogP contribution is -2.44. The van der Waals surface area contributed by atoms with Gasteiger partial charge < -0.3 is 10.2 Å². The normalized spacial score (nSPS) is 17.2. The van der Waals surface area contributed by atoms with Crippen molar-refractivity contribution in [2.75, 3.05) is 39.8 Å². The summed E-state index contributed by atoms with van der Waals surface area (Å²) in [6, 6.07) is 0.287. The van der Waals surface area contributed by atoms with Gasteiger partial charge in [0.25, 0.3) is 0 Å². The van der Waals surface area contributed by atoms with Gasteiger partial charge >= 0.3 is 0 Å². The summed E-state index contributed by atoms with van der Waals surface area (Å²) in [6.45, 7) is 11.3. The number of amides is 1. The zero-order valence-corrected chi connectivity index (χ0v) is 13.1. The van der Waals surface area contributed by atoms with Crippen LogP contribution in [0.1, 0.15) is 40.0 Å². The molecule has 1 aliphatic rings. The lowest BCUT2D eigenvalue weighted by Gasteiger charge is -2.31. The molecule has 0 spiro atoms. The standard InChI is InChI=1S/C15H31N3O/c1-5-10-18(11-14-6-8-16-9-7-14)12-15(19)17(4)13(2)3/h13-14,16H,5-12H2,1-4H3. The molecule has 0 atom stereocenters. The molecule has 1 rings (SSSR count). The van der Waals surface area contributed by atoms with Gasteiger partial charge in [0.1, 0.15) is 0 Å². The zero-order valence-electron chi connectivity index (χ0n) is 13.1. The number of nitrogens with zero attached hydrogens (tertiary/aromatic N) is 2. The van der Waals surface area contributed by atoms with Gasteiger partial charge in [-0.15, -0.1) is 0 Å². The molecule has 0 saturated carbocycles. The Hall–Kier alpha value is -0.610. The van der Waals surface area contributed by atoms with E-state index in [1.165, 1.54) is 12.8 Å². The third-order valence-electron chi connectivity index (χ3n) is 4.04. The van der Waals surface area contributed by atoms with E-state index < -0.39 is 0 Å². The molecule has 1 N–H and O–H groups in total. The van der Waals surface area contributed by atoms with Crippen molar-refractivity contribution in [2.45, 2.75) is 46.1 Å². The van der Waals surface area contributed by atoms with Crippen LogP contribution in [-0.2, 0) is 4.79 Å². The summed E-state index contributed by atoms with van der Waals surface area (Å²) in [5.41, 5.74) is 0. The van der Waals surface area contributed by atoms with Crippen LogP contribution in [0.25, 0.3) is 0 Å². The Morgan fingerprint density at radius 1 is 1.32 bits per heavy atom. The molecule has 19 heavy (non-hydrogen) atoms. The van der Waals surface area contributed by atoms with Gasteiger partial charge in [0.2, 0.25) is 5.91 Å². The second-order valence-corrected chi connectivity index (χ2v) is 6.03. The summed E-state index contributed by atoms with van der Waals surface area (Å²) in [5.74, 6) is 1.00. The minimum Gasteiger partial charge on any atom is -0.342 e. The van der Waals surface area contributed by atoms with Gasteiger partial charge in [-0.3, -0.25) is 9.69 Å². The maximum Gasteiger partial charge on any atom is 0.236 e. The molecule has 0 unspecified atom stereocenters. The van der Waals surface area contributed by atoms with Crippen LogP contribution in [-0.4, -0.2) is 61.5 Å². The predicted octanol–water partition coefficient (Wildman–Crippen LogP) is 1.56. The van der Waals surface area contributed by atoms with E-state index >= 15 is 0 Å². The Balaban J connectivity index is 2.44. The van der Waals surface area contributed by atoms with E-state index in [-0.39, 0.29) is 11.9 Å². The topological polar surface area (TPSA) is 35.6 Å². The Labute approximate surface area is 118 Å². The number of hydrogen-bond acceptors (Lipinski definition) is 3. The maximum absolute atomic E-state index is 12.2. The summed E-state index contributed by atoms with van der Waals surface area (Å²) in [6.07, 6.45) is 3.60. The summed E-state index contributed by atoms with van der Waals surface area (Å²) < 4.78 is 0. The lowest BCUT2D eigenvalue weighted by atomic mass is 9.97. The van der Waals surface area contributed by atoms with Crippen molar-refractivity contribution in [2.24, 2.45) is 5.92 Å². The Bertz CT molecular complexity index is 262. The molecular weight excluding hydrogens is 238 g/mol. The monoisotopic (exact) mass is 269 g/mol. The molecule has 1 fully saturated rings. The molecule has 4 nitrogen and oxygen atoms in total. The third-order valence-corrected chi connectivity index (χ3v) is 4.04. The molecule has 1 aliphatic heterocycles. The minimum absolute atomic E-state index is 0.248. The first-order valence-corrected chi connectivity index (χ1v) is 7.73. The van der Waals surface area contributed by atoms with E-state index in [0.29, 0.717) is 6.54 Å². The van der Waals surface area contributed by atoms with E-state index in [4.69, 9.17) is 0 Å². The fraction of sp³-hybridized carbons (Fsp3) is 0.933. The van der Waals surface area contributed by atoms with Crippen molar-refractivity contribution in [1.29, 1.82) is 0 Å². The maximum atomic E-state index is 12.2. The molecular formula is C15H31N3O. The highest BCUT2D eigenvalue weighted by Crippen LogP contribution is 2.14. The molecule has 0 bridgehead atoms. The average molecular weight is 269 g/mol. The number of rotatable bonds is 7. The van der Waals surface area contributed by atoms with Crippen LogP contribution in [0.15, 0.2) is 0 Å². The van der Waals surface area contributed by atoms with Gasteiger partial charge in [-0.2, -0.15) is 0 Å². The molecule has 1 amide bonds. The first kappa shape index (κ1) is 16.4. The van der Waals surface area contributed by atoms with Crippen molar-refractivity contribution in [3.63, 3.8) is 0 Å². The zero-order chi connectivity index (χ0) is 14.3. The third kappa shape index (κ3) is 5.91. The molecule has 0 aromatic carbocycles. The number of hydrogen-bond donors (Lipinski definition) is 1. The van der Waals surface area contributed by atoms with Crippen molar-refractivity contribution in [3.05, 3.63) is 0 Å². The highest BCUT2D eigenvalue weighted by molar-refractivity contribution is 5.78. The molecule has 1 saturated heterocycles. The lowest BCUT2D eigenvalue weighted by molar-refractivity contribution is -0.132.